The van der Waals surface area contributed by atoms with Crippen LogP contribution >= 0.6 is 0 Å². The summed E-state index contributed by atoms with van der Waals surface area (Å²) in [5.41, 5.74) is 5.25. The quantitative estimate of drug-likeness (QED) is 0.673. The maximum atomic E-state index is 10.8. The van der Waals surface area contributed by atoms with E-state index in [2.05, 4.69) is 0 Å². The first kappa shape index (κ1) is 15.0. The summed E-state index contributed by atoms with van der Waals surface area (Å²) in [4.78, 5) is 10.8. The molecule has 0 aromatic rings. The van der Waals surface area contributed by atoms with E-state index in [1.807, 2.05) is 0 Å². The predicted octanol–water partition coefficient (Wildman–Crippen LogP) is 3.10. The molecule has 1 amide bonds. The molecule has 0 aromatic carbocycles. The fraction of sp³-hybridized carbons (Fsp3) is 0.909. The molecular formula is C11H25NO. The summed E-state index contributed by atoms with van der Waals surface area (Å²) in [5.74, 6) is 0.0854. The van der Waals surface area contributed by atoms with Crippen molar-refractivity contribution in [3.63, 3.8) is 0 Å². The van der Waals surface area contributed by atoms with Gasteiger partial charge in [-0.3, -0.25) is 4.79 Å². The van der Waals surface area contributed by atoms with Crippen molar-refractivity contribution in [2.75, 3.05) is 0 Å². The van der Waals surface area contributed by atoms with Gasteiger partial charge in [0.1, 0.15) is 0 Å². The number of hydrogen-bond donors (Lipinski definition) is 1. The standard InChI is InChI=1S/C9H17NO.2CH4/c10-9(11)8-6-4-2-1-3-5-7-8;;/h8H,1-7H2,(H2,10,11);2*1H4. The van der Waals surface area contributed by atoms with Crippen molar-refractivity contribution in [3.8, 4) is 0 Å². The average Bonchev–Trinajstić information content (AvgIpc) is 1.84. The number of carbonyl (C=O) groups is 1. The van der Waals surface area contributed by atoms with Crippen molar-refractivity contribution in [1.29, 1.82) is 0 Å². The van der Waals surface area contributed by atoms with Crippen LogP contribution < -0.4 is 5.73 Å². The summed E-state index contributed by atoms with van der Waals surface area (Å²) < 4.78 is 0. The van der Waals surface area contributed by atoms with Crippen molar-refractivity contribution in [1.82, 2.24) is 0 Å². The van der Waals surface area contributed by atoms with Gasteiger partial charge in [-0.25, -0.2) is 0 Å². The van der Waals surface area contributed by atoms with Crippen molar-refractivity contribution in [2.24, 2.45) is 11.7 Å². The van der Waals surface area contributed by atoms with Gasteiger partial charge in [-0.2, -0.15) is 0 Å². The minimum atomic E-state index is -0.0908. The molecule has 13 heavy (non-hydrogen) atoms. The highest BCUT2D eigenvalue weighted by Crippen LogP contribution is 2.21. The second-order valence-electron chi connectivity index (χ2n) is 3.44. The lowest BCUT2D eigenvalue weighted by Gasteiger charge is -2.15. The Kier molecular flexibility index (Phi) is 9.31. The van der Waals surface area contributed by atoms with Gasteiger partial charge in [-0.15, -0.1) is 0 Å². The Balaban J connectivity index is 0. The Morgan fingerprint density at radius 2 is 1.31 bits per heavy atom. The molecule has 1 aliphatic carbocycles. The molecule has 1 saturated carbocycles. The highest BCUT2D eigenvalue weighted by Gasteiger charge is 2.15. The van der Waals surface area contributed by atoms with Gasteiger partial charge in [0.15, 0.2) is 0 Å². The molecule has 0 atom stereocenters. The third kappa shape index (κ3) is 5.67. The largest absolute Gasteiger partial charge is 0.369 e. The van der Waals surface area contributed by atoms with Crippen LogP contribution in [0.15, 0.2) is 0 Å². The van der Waals surface area contributed by atoms with Crippen LogP contribution in [-0.4, -0.2) is 5.91 Å². The zero-order valence-corrected chi connectivity index (χ0v) is 7.01. The highest BCUT2D eigenvalue weighted by atomic mass is 16.1. The number of hydrogen-bond acceptors (Lipinski definition) is 1. The van der Waals surface area contributed by atoms with Crippen LogP contribution in [0.1, 0.15) is 59.8 Å². The number of nitrogens with two attached hydrogens (primary N) is 1. The van der Waals surface area contributed by atoms with Crippen LogP contribution in [0.2, 0.25) is 0 Å². The van der Waals surface area contributed by atoms with Crippen LogP contribution in [0.25, 0.3) is 0 Å². The fourth-order valence-corrected chi connectivity index (χ4v) is 1.74. The zero-order valence-electron chi connectivity index (χ0n) is 7.01. The number of carbonyl (C=O) groups excluding carboxylic acids is 1. The highest BCUT2D eigenvalue weighted by molar-refractivity contribution is 5.76. The van der Waals surface area contributed by atoms with E-state index in [0.717, 1.165) is 12.8 Å². The molecular weight excluding hydrogens is 162 g/mol. The molecule has 2 heteroatoms. The molecule has 1 aliphatic rings. The van der Waals surface area contributed by atoms with E-state index in [1.165, 1.54) is 32.1 Å². The molecule has 0 radical (unpaired) electrons. The molecule has 0 heterocycles. The lowest BCUT2D eigenvalue weighted by atomic mass is 9.91. The molecule has 1 rings (SSSR count). The van der Waals surface area contributed by atoms with E-state index >= 15 is 0 Å². The van der Waals surface area contributed by atoms with Gasteiger partial charge in [0.2, 0.25) is 5.91 Å². The molecule has 0 spiro atoms. The second kappa shape index (κ2) is 8.09. The second-order valence-corrected chi connectivity index (χ2v) is 3.44. The molecule has 0 aliphatic heterocycles. The molecule has 2 nitrogen and oxygen atoms in total. The first-order valence-electron chi connectivity index (χ1n) is 4.60. The molecule has 2 N–H and O–H groups in total. The van der Waals surface area contributed by atoms with Crippen molar-refractivity contribution < 1.29 is 4.79 Å². The first-order valence-corrected chi connectivity index (χ1v) is 4.60. The van der Waals surface area contributed by atoms with Gasteiger partial charge in [0.05, 0.1) is 0 Å². The zero-order chi connectivity index (χ0) is 8.10. The van der Waals surface area contributed by atoms with Crippen LogP contribution in [0.5, 0.6) is 0 Å². The minimum absolute atomic E-state index is 0. The third-order valence-electron chi connectivity index (χ3n) is 2.51. The minimum Gasteiger partial charge on any atom is -0.369 e. The molecule has 0 bridgehead atoms. The molecule has 80 valence electrons. The predicted molar refractivity (Wildman–Crippen MR) is 58.5 cm³/mol. The maximum absolute atomic E-state index is 10.8. The van der Waals surface area contributed by atoms with E-state index in [9.17, 15) is 4.79 Å². The van der Waals surface area contributed by atoms with Gasteiger partial charge in [-0.1, -0.05) is 47.0 Å². The smallest absolute Gasteiger partial charge is 0.220 e. The average molecular weight is 187 g/mol. The topological polar surface area (TPSA) is 43.1 Å². The Hall–Kier alpha value is -0.530. The van der Waals surface area contributed by atoms with Crippen LogP contribution in [0.3, 0.4) is 0 Å². The fourth-order valence-electron chi connectivity index (χ4n) is 1.74. The van der Waals surface area contributed by atoms with Gasteiger partial charge in [0, 0.05) is 5.92 Å². The number of primary amides is 1. The number of amides is 1. The number of rotatable bonds is 1. The summed E-state index contributed by atoms with van der Waals surface area (Å²) in [6.45, 7) is 0. The Labute approximate surface area is 82.9 Å². The summed E-state index contributed by atoms with van der Waals surface area (Å²) >= 11 is 0. The molecule has 0 unspecified atom stereocenters. The molecule has 0 aromatic heterocycles. The SMILES string of the molecule is C.C.NC(=O)C1CCCCCCC1. The van der Waals surface area contributed by atoms with Crippen LogP contribution in [-0.2, 0) is 4.79 Å². The summed E-state index contributed by atoms with van der Waals surface area (Å²) in [6, 6.07) is 0. The summed E-state index contributed by atoms with van der Waals surface area (Å²) in [6.07, 6.45) is 8.32. The third-order valence-corrected chi connectivity index (χ3v) is 2.51. The van der Waals surface area contributed by atoms with E-state index in [0.29, 0.717) is 0 Å². The first-order chi connectivity index (χ1) is 5.30. The lowest BCUT2D eigenvalue weighted by molar-refractivity contribution is -0.122. The van der Waals surface area contributed by atoms with E-state index in [-0.39, 0.29) is 26.7 Å². The maximum Gasteiger partial charge on any atom is 0.220 e. The van der Waals surface area contributed by atoms with E-state index in [4.69, 9.17) is 5.73 Å². The monoisotopic (exact) mass is 187 g/mol. The van der Waals surface area contributed by atoms with Gasteiger partial charge in [0.25, 0.3) is 0 Å². The van der Waals surface area contributed by atoms with Gasteiger partial charge >= 0.3 is 0 Å². The van der Waals surface area contributed by atoms with Crippen molar-refractivity contribution >= 4 is 5.91 Å². The van der Waals surface area contributed by atoms with E-state index in [1.54, 1.807) is 0 Å². The summed E-state index contributed by atoms with van der Waals surface area (Å²) in [7, 11) is 0. The molecule has 0 saturated heterocycles. The lowest BCUT2D eigenvalue weighted by Crippen LogP contribution is -2.23. The van der Waals surface area contributed by atoms with Crippen molar-refractivity contribution in [2.45, 2.75) is 59.8 Å². The van der Waals surface area contributed by atoms with Crippen LogP contribution in [0, 0.1) is 5.92 Å². The normalized spacial score (nSPS) is 18.8. The van der Waals surface area contributed by atoms with E-state index < -0.39 is 0 Å². The van der Waals surface area contributed by atoms with Crippen molar-refractivity contribution in [3.05, 3.63) is 0 Å². The summed E-state index contributed by atoms with van der Waals surface area (Å²) in [5, 5.41) is 0. The Morgan fingerprint density at radius 1 is 0.923 bits per heavy atom. The molecule has 1 fully saturated rings. The van der Waals surface area contributed by atoms with Crippen LogP contribution in [0.4, 0.5) is 0 Å². The Morgan fingerprint density at radius 3 is 1.69 bits per heavy atom. The van der Waals surface area contributed by atoms with Gasteiger partial charge in [-0.05, 0) is 12.8 Å². The Bertz CT molecular complexity index is 126. The van der Waals surface area contributed by atoms with Gasteiger partial charge < -0.3 is 5.73 Å².